The number of aromatic hydroxyl groups is 2. The fourth-order valence-corrected chi connectivity index (χ4v) is 4.09. The number of phenolic OH excluding ortho intramolecular Hbond substituents is 1. The second kappa shape index (κ2) is 8.77. The topological polar surface area (TPSA) is 125 Å². The molecule has 3 N–H and O–H groups in total. The fourth-order valence-electron chi connectivity index (χ4n) is 4.09. The number of anilines is 1. The Morgan fingerprint density at radius 1 is 1.03 bits per heavy atom. The van der Waals surface area contributed by atoms with Crippen molar-refractivity contribution in [2.45, 2.75) is 6.92 Å². The van der Waals surface area contributed by atoms with Crippen LogP contribution >= 0.6 is 0 Å². The average Bonchev–Trinajstić information content (AvgIpc) is 3.30. The first-order chi connectivity index (χ1) is 17.3. The highest BCUT2D eigenvalue weighted by Crippen LogP contribution is 2.40. The third kappa shape index (κ3) is 3.90. The summed E-state index contributed by atoms with van der Waals surface area (Å²) in [4.78, 5) is 27.2. The zero-order chi connectivity index (χ0) is 25.6. The van der Waals surface area contributed by atoms with Crippen LogP contribution in [-0.2, 0) is 0 Å². The van der Waals surface area contributed by atoms with Crippen LogP contribution in [0.25, 0.3) is 45.0 Å². The van der Waals surface area contributed by atoms with Gasteiger partial charge in [0.05, 0.1) is 18.2 Å². The van der Waals surface area contributed by atoms with Gasteiger partial charge in [0.1, 0.15) is 28.8 Å². The SMILES string of the molecule is COc1cc(-c2nc(-c3cc4ccccc4nc3N(C)C)[nH]c2-c2oc(C)cc(=O)c2O)ccc1O. The van der Waals surface area contributed by atoms with Gasteiger partial charge in [-0.05, 0) is 37.3 Å². The predicted octanol–water partition coefficient (Wildman–Crippen LogP) is 4.71. The molecule has 0 amide bonds. The second-order valence-corrected chi connectivity index (χ2v) is 8.54. The lowest BCUT2D eigenvalue weighted by Gasteiger charge is -2.16. The number of ether oxygens (including phenoxy) is 1. The number of rotatable bonds is 5. The van der Waals surface area contributed by atoms with Crippen LogP contribution in [0, 0.1) is 6.92 Å². The van der Waals surface area contributed by atoms with E-state index in [1.165, 1.54) is 19.2 Å². The molecule has 0 aliphatic carbocycles. The molecule has 0 saturated heterocycles. The van der Waals surface area contributed by atoms with Crippen molar-refractivity contribution < 1.29 is 19.4 Å². The van der Waals surface area contributed by atoms with Gasteiger partial charge in [-0.25, -0.2) is 9.97 Å². The normalized spacial score (nSPS) is 11.1. The Morgan fingerprint density at radius 2 is 1.81 bits per heavy atom. The van der Waals surface area contributed by atoms with Crippen molar-refractivity contribution in [3.63, 3.8) is 0 Å². The summed E-state index contributed by atoms with van der Waals surface area (Å²) < 4.78 is 11.1. The minimum absolute atomic E-state index is 0.0304. The Bertz CT molecular complexity index is 1670. The molecule has 9 nitrogen and oxygen atoms in total. The van der Waals surface area contributed by atoms with E-state index in [4.69, 9.17) is 19.1 Å². The monoisotopic (exact) mass is 484 g/mol. The number of para-hydroxylation sites is 1. The Labute approximate surface area is 206 Å². The van der Waals surface area contributed by atoms with E-state index in [9.17, 15) is 15.0 Å². The highest BCUT2D eigenvalue weighted by Gasteiger charge is 2.24. The van der Waals surface area contributed by atoms with Crippen LogP contribution in [0.1, 0.15) is 5.76 Å². The third-order valence-electron chi connectivity index (χ3n) is 5.81. The van der Waals surface area contributed by atoms with Crippen LogP contribution in [0.2, 0.25) is 0 Å². The molecule has 0 saturated carbocycles. The largest absolute Gasteiger partial charge is 0.504 e. The summed E-state index contributed by atoms with van der Waals surface area (Å²) in [5, 5.41) is 21.6. The van der Waals surface area contributed by atoms with Crippen LogP contribution in [0.5, 0.6) is 17.2 Å². The highest BCUT2D eigenvalue weighted by molar-refractivity contribution is 5.90. The zero-order valence-electron chi connectivity index (χ0n) is 20.2. The number of phenols is 1. The molecule has 0 unspecified atom stereocenters. The summed E-state index contributed by atoms with van der Waals surface area (Å²) in [5.74, 6) is 1.11. The standard InChI is InChI=1S/C27H24N4O5/c1-14-11-20(33)24(34)25(36-14)23-22(16-9-10-19(32)21(13-16)35-4)29-26(30-23)17-12-15-7-5-6-8-18(15)28-27(17)31(2)3/h5-13,32,34H,1-4H3,(H,29,30). The average molecular weight is 485 g/mol. The van der Waals surface area contributed by atoms with Crippen molar-refractivity contribution in [1.29, 1.82) is 0 Å². The molecule has 5 rings (SSSR count). The quantitative estimate of drug-likeness (QED) is 0.328. The van der Waals surface area contributed by atoms with Crippen LogP contribution in [-0.4, -0.2) is 46.4 Å². The van der Waals surface area contributed by atoms with Gasteiger partial charge in [0.15, 0.2) is 17.3 Å². The first-order valence-electron chi connectivity index (χ1n) is 11.2. The molecule has 9 heteroatoms. The van der Waals surface area contributed by atoms with Crippen molar-refractivity contribution >= 4 is 16.7 Å². The molecule has 0 aliphatic heterocycles. The molecular weight excluding hydrogens is 460 g/mol. The molecule has 0 aliphatic rings. The van der Waals surface area contributed by atoms with Crippen molar-refractivity contribution in [2.24, 2.45) is 0 Å². The number of pyridine rings is 1. The lowest BCUT2D eigenvalue weighted by atomic mass is 10.1. The number of aromatic nitrogens is 3. The Kier molecular flexibility index (Phi) is 5.60. The van der Waals surface area contributed by atoms with E-state index in [2.05, 4.69) is 4.98 Å². The minimum atomic E-state index is -0.569. The van der Waals surface area contributed by atoms with Crippen molar-refractivity contribution in [1.82, 2.24) is 15.0 Å². The smallest absolute Gasteiger partial charge is 0.227 e. The van der Waals surface area contributed by atoms with E-state index in [1.54, 1.807) is 19.1 Å². The van der Waals surface area contributed by atoms with Gasteiger partial charge in [0.25, 0.3) is 0 Å². The number of nitrogens with one attached hydrogen (secondary N) is 1. The maximum absolute atomic E-state index is 12.4. The van der Waals surface area contributed by atoms with Gasteiger partial charge in [-0.15, -0.1) is 0 Å². The molecule has 36 heavy (non-hydrogen) atoms. The molecule has 3 heterocycles. The molecule has 5 aromatic rings. The fraction of sp³-hybridized carbons (Fsp3) is 0.148. The molecular formula is C27H24N4O5. The van der Waals surface area contributed by atoms with E-state index in [0.29, 0.717) is 39.9 Å². The summed E-state index contributed by atoms with van der Waals surface area (Å²) in [5.41, 5.74) is 2.25. The maximum atomic E-state index is 12.4. The summed E-state index contributed by atoms with van der Waals surface area (Å²) in [7, 11) is 5.23. The van der Waals surface area contributed by atoms with Gasteiger partial charge in [0, 0.05) is 31.1 Å². The van der Waals surface area contributed by atoms with E-state index in [-0.39, 0.29) is 17.3 Å². The van der Waals surface area contributed by atoms with Crippen molar-refractivity contribution in [3.05, 3.63) is 70.6 Å². The first kappa shape index (κ1) is 23.0. The molecule has 182 valence electrons. The van der Waals surface area contributed by atoms with Crippen molar-refractivity contribution in [3.8, 4) is 51.3 Å². The zero-order valence-corrected chi connectivity index (χ0v) is 20.2. The third-order valence-corrected chi connectivity index (χ3v) is 5.81. The number of hydrogen-bond donors (Lipinski definition) is 3. The van der Waals surface area contributed by atoms with E-state index in [1.807, 2.05) is 49.3 Å². The number of nitrogens with zero attached hydrogens (tertiary/aromatic N) is 3. The Hall–Kier alpha value is -4.79. The number of fused-ring (bicyclic) bond motifs is 1. The van der Waals surface area contributed by atoms with Crippen LogP contribution < -0.4 is 15.1 Å². The van der Waals surface area contributed by atoms with Crippen molar-refractivity contribution in [2.75, 3.05) is 26.1 Å². The highest BCUT2D eigenvalue weighted by atomic mass is 16.5. The Morgan fingerprint density at radius 3 is 2.56 bits per heavy atom. The molecule has 3 aromatic heterocycles. The van der Waals surface area contributed by atoms with Gasteiger partial charge in [-0.1, -0.05) is 18.2 Å². The molecule has 0 spiro atoms. The second-order valence-electron chi connectivity index (χ2n) is 8.54. The number of methoxy groups -OCH3 is 1. The molecule has 0 radical (unpaired) electrons. The van der Waals surface area contributed by atoms with E-state index >= 15 is 0 Å². The summed E-state index contributed by atoms with van der Waals surface area (Å²) >= 11 is 0. The molecule has 0 atom stereocenters. The van der Waals surface area contributed by atoms with Gasteiger partial charge in [-0.3, -0.25) is 4.79 Å². The minimum Gasteiger partial charge on any atom is -0.504 e. The van der Waals surface area contributed by atoms with Crippen LogP contribution in [0.3, 0.4) is 0 Å². The van der Waals surface area contributed by atoms with E-state index < -0.39 is 11.2 Å². The lowest BCUT2D eigenvalue weighted by Crippen LogP contribution is -2.12. The summed E-state index contributed by atoms with van der Waals surface area (Å²) in [6, 6.07) is 15.7. The molecule has 0 fully saturated rings. The number of H-pyrrole nitrogens is 1. The predicted molar refractivity (Wildman–Crippen MR) is 138 cm³/mol. The van der Waals surface area contributed by atoms with Gasteiger partial charge >= 0.3 is 0 Å². The number of imidazole rings is 1. The molecule has 2 aromatic carbocycles. The lowest BCUT2D eigenvalue weighted by molar-refractivity contribution is 0.373. The number of aryl methyl sites for hydroxylation is 1. The first-order valence-corrected chi connectivity index (χ1v) is 11.2. The van der Waals surface area contributed by atoms with Gasteiger partial charge in [-0.2, -0.15) is 0 Å². The number of aromatic amines is 1. The number of benzene rings is 2. The molecule has 0 bridgehead atoms. The summed E-state index contributed by atoms with van der Waals surface area (Å²) in [6.45, 7) is 1.63. The maximum Gasteiger partial charge on any atom is 0.227 e. The number of hydrogen-bond acceptors (Lipinski definition) is 8. The van der Waals surface area contributed by atoms with Crippen LogP contribution in [0.15, 0.2) is 63.8 Å². The Balaban J connectivity index is 1.82. The van der Waals surface area contributed by atoms with E-state index in [0.717, 1.165) is 10.9 Å². The van der Waals surface area contributed by atoms with Gasteiger partial charge < -0.3 is 29.3 Å². The van der Waals surface area contributed by atoms with Gasteiger partial charge in [0.2, 0.25) is 11.2 Å². The summed E-state index contributed by atoms with van der Waals surface area (Å²) in [6.07, 6.45) is 0. The van der Waals surface area contributed by atoms with Crippen LogP contribution in [0.4, 0.5) is 5.82 Å².